The van der Waals surface area contributed by atoms with Crippen molar-refractivity contribution in [2.75, 3.05) is 6.61 Å². The Hall–Kier alpha value is -1.82. The van der Waals surface area contributed by atoms with Crippen LogP contribution in [0.4, 0.5) is 0 Å². The monoisotopic (exact) mass is 294 g/mol. The van der Waals surface area contributed by atoms with E-state index >= 15 is 0 Å². The highest BCUT2D eigenvalue weighted by atomic mass is 32.2. The molecule has 1 aromatic heterocycles. The number of unbranched alkanes of at least 4 members (excludes halogenated alkanes) is 1. The van der Waals surface area contributed by atoms with Gasteiger partial charge in [-0.3, -0.25) is 0 Å². The second kappa shape index (κ2) is 6.09. The van der Waals surface area contributed by atoms with Gasteiger partial charge in [0.25, 0.3) is 10.0 Å². The summed E-state index contributed by atoms with van der Waals surface area (Å²) in [6.07, 6.45) is 3.48. The van der Waals surface area contributed by atoms with Gasteiger partial charge >= 0.3 is 0 Å². The van der Waals surface area contributed by atoms with E-state index in [4.69, 9.17) is 4.74 Å². The van der Waals surface area contributed by atoms with E-state index in [1.165, 1.54) is 18.3 Å². The molecule has 0 unspecified atom stereocenters. The molecule has 20 heavy (non-hydrogen) atoms. The third-order valence-corrected chi connectivity index (χ3v) is 4.40. The lowest BCUT2D eigenvalue weighted by atomic mass is 10.3. The normalized spacial score (nSPS) is 11.5. The molecule has 0 spiro atoms. The van der Waals surface area contributed by atoms with Crippen molar-refractivity contribution in [3.63, 3.8) is 0 Å². The summed E-state index contributed by atoms with van der Waals surface area (Å²) in [6, 6.07) is 8.05. The van der Waals surface area contributed by atoms with Gasteiger partial charge in [-0.15, -0.1) is 0 Å². The highest BCUT2D eigenvalue weighted by Gasteiger charge is 2.17. The number of hydrogen-bond acceptors (Lipinski definition) is 4. The molecule has 0 amide bonds. The molecule has 2 aromatic rings. The van der Waals surface area contributed by atoms with Gasteiger partial charge < -0.3 is 4.74 Å². The molecule has 0 fully saturated rings. The average molecular weight is 294 g/mol. The van der Waals surface area contributed by atoms with Crippen LogP contribution in [0.2, 0.25) is 0 Å². The van der Waals surface area contributed by atoms with E-state index < -0.39 is 10.0 Å². The van der Waals surface area contributed by atoms with Crippen LogP contribution >= 0.6 is 0 Å². The van der Waals surface area contributed by atoms with Crippen LogP contribution in [0.3, 0.4) is 0 Å². The zero-order chi connectivity index (χ0) is 14.6. The highest BCUT2D eigenvalue weighted by molar-refractivity contribution is 7.89. The lowest BCUT2D eigenvalue weighted by Crippen LogP contribution is -2.13. The van der Waals surface area contributed by atoms with Crippen LogP contribution in [0.25, 0.3) is 0 Å². The molecular formula is C14H18N2O3S. The van der Waals surface area contributed by atoms with Crippen molar-refractivity contribution >= 4 is 10.0 Å². The standard InChI is InChI=1S/C14H18N2O3S/c1-3-4-11-19-13-5-7-14(8-6-13)20(17,18)16-10-9-12(2)15-16/h5-10H,3-4,11H2,1-2H3. The molecule has 6 heteroatoms. The van der Waals surface area contributed by atoms with E-state index in [0.717, 1.165) is 16.9 Å². The number of benzene rings is 1. The molecule has 0 aliphatic rings. The first-order valence-electron chi connectivity index (χ1n) is 6.55. The summed E-state index contributed by atoms with van der Waals surface area (Å²) in [4.78, 5) is 0.198. The molecule has 0 saturated carbocycles. The van der Waals surface area contributed by atoms with Crippen molar-refractivity contribution in [1.29, 1.82) is 0 Å². The van der Waals surface area contributed by atoms with Crippen molar-refractivity contribution in [2.24, 2.45) is 0 Å². The molecule has 0 aliphatic heterocycles. The maximum absolute atomic E-state index is 12.3. The van der Waals surface area contributed by atoms with E-state index in [0.29, 0.717) is 18.1 Å². The fourth-order valence-electron chi connectivity index (χ4n) is 1.68. The molecule has 0 atom stereocenters. The minimum Gasteiger partial charge on any atom is -0.494 e. The van der Waals surface area contributed by atoms with E-state index in [9.17, 15) is 8.42 Å². The number of rotatable bonds is 6. The SMILES string of the molecule is CCCCOc1ccc(S(=O)(=O)n2ccc(C)n2)cc1. The van der Waals surface area contributed by atoms with Gasteiger partial charge in [0.1, 0.15) is 5.75 Å². The van der Waals surface area contributed by atoms with Gasteiger partial charge in [0.05, 0.1) is 17.2 Å². The smallest absolute Gasteiger partial charge is 0.282 e. The van der Waals surface area contributed by atoms with Crippen LogP contribution < -0.4 is 4.74 Å². The second-order valence-corrected chi connectivity index (χ2v) is 6.30. The largest absolute Gasteiger partial charge is 0.494 e. The average Bonchev–Trinajstić information content (AvgIpc) is 2.87. The molecule has 0 saturated heterocycles. The lowest BCUT2D eigenvalue weighted by molar-refractivity contribution is 0.309. The predicted molar refractivity (Wildman–Crippen MR) is 76.4 cm³/mol. The first-order chi connectivity index (χ1) is 9.54. The Morgan fingerprint density at radius 1 is 1.20 bits per heavy atom. The van der Waals surface area contributed by atoms with Crippen molar-refractivity contribution in [3.05, 3.63) is 42.2 Å². The second-order valence-electron chi connectivity index (χ2n) is 4.51. The molecule has 1 heterocycles. The summed E-state index contributed by atoms with van der Waals surface area (Å²) in [6.45, 7) is 4.47. The molecule has 108 valence electrons. The number of ether oxygens (including phenoxy) is 1. The Bertz CT molecular complexity index is 660. The third-order valence-electron chi connectivity index (χ3n) is 2.83. The molecule has 5 nitrogen and oxygen atoms in total. The summed E-state index contributed by atoms with van der Waals surface area (Å²) in [5, 5.41) is 3.94. The molecule has 2 rings (SSSR count). The first-order valence-corrected chi connectivity index (χ1v) is 7.99. The maximum atomic E-state index is 12.3. The number of aromatic nitrogens is 2. The van der Waals surface area contributed by atoms with E-state index in [2.05, 4.69) is 12.0 Å². The highest BCUT2D eigenvalue weighted by Crippen LogP contribution is 2.18. The van der Waals surface area contributed by atoms with E-state index in [-0.39, 0.29) is 4.90 Å². The Balaban J connectivity index is 2.17. The van der Waals surface area contributed by atoms with Crippen LogP contribution in [0, 0.1) is 6.92 Å². The van der Waals surface area contributed by atoms with E-state index in [1.54, 1.807) is 25.1 Å². The fourth-order valence-corrected chi connectivity index (χ4v) is 2.83. The summed E-state index contributed by atoms with van der Waals surface area (Å²) in [5.74, 6) is 0.675. The van der Waals surface area contributed by atoms with Gasteiger partial charge in [-0.1, -0.05) is 13.3 Å². The van der Waals surface area contributed by atoms with Gasteiger partial charge in [0.15, 0.2) is 0 Å². The molecule has 0 N–H and O–H groups in total. The zero-order valence-electron chi connectivity index (χ0n) is 11.6. The number of aryl methyl sites for hydroxylation is 1. The van der Waals surface area contributed by atoms with Gasteiger partial charge in [-0.25, -0.2) is 0 Å². The Morgan fingerprint density at radius 3 is 2.45 bits per heavy atom. The molecule has 0 aliphatic carbocycles. The summed E-state index contributed by atoms with van der Waals surface area (Å²) >= 11 is 0. The molecule has 1 aromatic carbocycles. The maximum Gasteiger partial charge on any atom is 0.282 e. The van der Waals surface area contributed by atoms with Crippen LogP contribution in [0.1, 0.15) is 25.5 Å². The molecular weight excluding hydrogens is 276 g/mol. The third kappa shape index (κ3) is 3.19. The quantitative estimate of drug-likeness (QED) is 0.768. The number of hydrogen-bond donors (Lipinski definition) is 0. The fraction of sp³-hybridized carbons (Fsp3) is 0.357. The topological polar surface area (TPSA) is 61.2 Å². The van der Waals surface area contributed by atoms with Crippen molar-refractivity contribution in [1.82, 2.24) is 9.19 Å². The van der Waals surface area contributed by atoms with Gasteiger partial charge in [-0.05, 0) is 43.7 Å². The van der Waals surface area contributed by atoms with Crippen LogP contribution in [-0.4, -0.2) is 24.2 Å². The Kier molecular flexibility index (Phi) is 4.44. The lowest BCUT2D eigenvalue weighted by Gasteiger charge is -2.07. The molecule has 0 bridgehead atoms. The van der Waals surface area contributed by atoms with E-state index in [1.807, 2.05) is 0 Å². The van der Waals surface area contributed by atoms with Crippen molar-refractivity contribution < 1.29 is 13.2 Å². The summed E-state index contributed by atoms with van der Waals surface area (Å²) in [7, 11) is -3.61. The molecule has 0 radical (unpaired) electrons. The first kappa shape index (κ1) is 14.6. The Labute approximate surface area is 119 Å². The Morgan fingerprint density at radius 2 is 1.90 bits per heavy atom. The summed E-state index contributed by atoms with van der Waals surface area (Å²) in [5.41, 5.74) is 0.660. The van der Waals surface area contributed by atoms with Gasteiger partial charge in [-0.2, -0.15) is 17.6 Å². The van der Waals surface area contributed by atoms with Crippen molar-refractivity contribution in [2.45, 2.75) is 31.6 Å². The van der Waals surface area contributed by atoms with Gasteiger partial charge in [0.2, 0.25) is 0 Å². The minimum absolute atomic E-state index is 0.198. The van der Waals surface area contributed by atoms with Crippen LogP contribution in [0.5, 0.6) is 5.75 Å². The summed E-state index contributed by atoms with van der Waals surface area (Å²) < 4.78 is 31.0. The minimum atomic E-state index is -3.61. The number of nitrogens with zero attached hydrogens (tertiary/aromatic N) is 2. The van der Waals surface area contributed by atoms with Gasteiger partial charge in [0, 0.05) is 6.20 Å². The van der Waals surface area contributed by atoms with Crippen LogP contribution in [-0.2, 0) is 10.0 Å². The zero-order valence-corrected chi connectivity index (χ0v) is 12.4. The van der Waals surface area contributed by atoms with Crippen molar-refractivity contribution in [3.8, 4) is 5.75 Å². The van der Waals surface area contributed by atoms with Crippen LogP contribution in [0.15, 0.2) is 41.4 Å². The predicted octanol–water partition coefficient (Wildman–Crippen LogP) is 2.61.